The Bertz CT molecular complexity index is 1330. The van der Waals surface area contributed by atoms with Crippen LogP contribution >= 0.6 is 22.9 Å². The van der Waals surface area contributed by atoms with Crippen LogP contribution in [0.4, 0.5) is 0 Å². The van der Waals surface area contributed by atoms with Crippen LogP contribution in [0.25, 0.3) is 21.3 Å². The molecule has 7 heteroatoms. The van der Waals surface area contributed by atoms with Gasteiger partial charge < -0.3 is 14.4 Å². The van der Waals surface area contributed by atoms with Crippen molar-refractivity contribution in [3.8, 4) is 16.9 Å². The van der Waals surface area contributed by atoms with Crippen LogP contribution in [0.1, 0.15) is 65.9 Å². The second-order valence-electron chi connectivity index (χ2n) is 8.58. The minimum atomic E-state index is -0.481. The van der Waals surface area contributed by atoms with Crippen molar-refractivity contribution in [1.29, 1.82) is 0 Å². The Morgan fingerprint density at radius 2 is 2.09 bits per heavy atom. The molecule has 1 N–H and O–H groups in total. The van der Waals surface area contributed by atoms with Crippen molar-refractivity contribution in [3.63, 3.8) is 0 Å². The van der Waals surface area contributed by atoms with Gasteiger partial charge in [-0.3, -0.25) is 4.98 Å². The molecule has 6 rings (SSSR count). The van der Waals surface area contributed by atoms with Gasteiger partial charge in [0.25, 0.3) is 0 Å². The number of hydrogen-bond donors (Lipinski definition) is 1. The van der Waals surface area contributed by atoms with Crippen molar-refractivity contribution in [3.05, 3.63) is 62.9 Å². The molecule has 0 radical (unpaired) electrons. The van der Waals surface area contributed by atoms with Gasteiger partial charge >= 0.3 is 0 Å². The molecule has 0 saturated carbocycles. The molecule has 1 aliphatic carbocycles. The van der Waals surface area contributed by atoms with Gasteiger partial charge in [0, 0.05) is 44.8 Å². The van der Waals surface area contributed by atoms with Gasteiger partial charge in [0.1, 0.15) is 5.75 Å². The molecule has 32 heavy (non-hydrogen) atoms. The van der Waals surface area contributed by atoms with E-state index in [1.807, 2.05) is 31.2 Å². The van der Waals surface area contributed by atoms with Crippen LogP contribution in [0.2, 0.25) is 5.02 Å². The Hall–Kier alpha value is -2.41. The highest BCUT2D eigenvalue weighted by molar-refractivity contribution is 7.19. The molecule has 164 valence electrons. The van der Waals surface area contributed by atoms with Gasteiger partial charge in [0.2, 0.25) is 0 Å². The van der Waals surface area contributed by atoms with E-state index in [-0.39, 0.29) is 6.10 Å². The van der Waals surface area contributed by atoms with Crippen molar-refractivity contribution in [2.24, 2.45) is 0 Å². The third-order valence-electron chi connectivity index (χ3n) is 6.52. The lowest BCUT2D eigenvalue weighted by Crippen LogP contribution is -2.08. The third-order valence-corrected chi connectivity index (χ3v) is 7.99. The zero-order valence-electron chi connectivity index (χ0n) is 17.7. The Balaban J connectivity index is 1.44. The van der Waals surface area contributed by atoms with E-state index in [4.69, 9.17) is 20.9 Å². The van der Waals surface area contributed by atoms with Crippen molar-refractivity contribution >= 4 is 33.2 Å². The highest BCUT2D eigenvalue weighted by Crippen LogP contribution is 2.48. The van der Waals surface area contributed by atoms with E-state index in [1.54, 1.807) is 17.5 Å². The minimum absolute atomic E-state index is 0.185. The minimum Gasteiger partial charge on any atom is -0.481 e. The molecule has 4 heterocycles. The summed E-state index contributed by atoms with van der Waals surface area (Å²) in [4.78, 5) is 5.45. The summed E-state index contributed by atoms with van der Waals surface area (Å²) in [5.41, 5.74) is 6.24. The summed E-state index contributed by atoms with van der Waals surface area (Å²) < 4.78 is 13.3. The quantitative estimate of drug-likeness (QED) is 0.366. The number of pyridine rings is 1. The molecule has 4 aromatic rings. The summed E-state index contributed by atoms with van der Waals surface area (Å²) in [6, 6.07) is 7.93. The second kappa shape index (κ2) is 7.87. The summed E-state index contributed by atoms with van der Waals surface area (Å²) in [5, 5.41) is 15.3. The Morgan fingerprint density at radius 3 is 2.97 bits per heavy atom. The van der Waals surface area contributed by atoms with Gasteiger partial charge in [-0.2, -0.15) is 0 Å². The standard InChI is InChI=1S/C25H23ClN2O3S/c1-2-20(29)22-12-19-25(32-22)15(7-8-27-19)17-11-14(26)9-13-10-21(30-23(13)17)24-16-5-3-4-6-18(16)28-31-24/h7-9,11-12,20-21,29H,2-6,10H2,1H3/t20-,21-/m1/s1. The summed E-state index contributed by atoms with van der Waals surface area (Å²) in [6.07, 6.45) is 6.83. The molecule has 0 spiro atoms. The summed E-state index contributed by atoms with van der Waals surface area (Å²) in [7, 11) is 0. The number of aliphatic hydroxyl groups excluding tert-OH is 1. The zero-order valence-corrected chi connectivity index (χ0v) is 19.3. The maximum absolute atomic E-state index is 10.3. The van der Waals surface area contributed by atoms with E-state index < -0.39 is 6.10 Å². The zero-order chi connectivity index (χ0) is 21.8. The van der Waals surface area contributed by atoms with Gasteiger partial charge in [-0.05, 0) is 56.4 Å². The van der Waals surface area contributed by atoms with E-state index in [0.29, 0.717) is 17.9 Å². The van der Waals surface area contributed by atoms with Gasteiger partial charge in [0.15, 0.2) is 11.9 Å². The van der Waals surface area contributed by atoms with Gasteiger partial charge in [-0.15, -0.1) is 11.3 Å². The average molecular weight is 467 g/mol. The first-order valence-corrected chi connectivity index (χ1v) is 12.3. The van der Waals surface area contributed by atoms with E-state index in [0.717, 1.165) is 74.7 Å². The predicted molar refractivity (Wildman–Crippen MR) is 126 cm³/mol. The molecular formula is C25H23ClN2O3S. The molecule has 3 aromatic heterocycles. The first-order chi connectivity index (χ1) is 15.6. The topological polar surface area (TPSA) is 68.4 Å². The van der Waals surface area contributed by atoms with Crippen molar-refractivity contribution in [2.75, 3.05) is 0 Å². The number of thiophene rings is 1. The molecular weight excluding hydrogens is 444 g/mol. The molecule has 0 bridgehead atoms. The molecule has 1 aliphatic heterocycles. The van der Waals surface area contributed by atoms with Crippen molar-refractivity contribution < 1.29 is 14.4 Å². The maximum Gasteiger partial charge on any atom is 0.181 e. The van der Waals surface area contributed by atoms with Gasteiger partial charge in [0.05, 0.1) is 22.0 Å². The van der Waals surface area contributed by atoms with Gasteiger partial charge in [-0.1, -0.05) is 23.7 Å². The number of rotatable bonds is 4. The highest BCUT2D eigenvalue weighted by Gasteiger charge is 2.34. The van der Waals surface area contributed by atoms with Crippen LogP contribution in [-0.4, -0.2) is 15.2 Å². The van der Waals surface area contributed by atoms with E-state index >= 15 is 0 Å². The molecule has 0 unspecified atom stereocenters. The normalized spacial score (nSPS) is 18.4. The van der Waals surface area contributed by atoms with Crippen molar-refractivity contribution in [2.45, 2.75) is 57.7 Å². The Labute approximate surface area is 195 Å². The van der Waals surface area contributed by atoms with E-state index in [2.05, 4.69) is 10.1 Å². The number of aromatic nitrogens is 2. The highest BCUT2D eigenvalue weighted by atomic mass is 35.5. The van der Waals surface area contributed by atoms with Crippen LogP contribution in [0.15, 0.2) is 35.0 Å². The van der Waals surface area contributed by atoms with Crippen molar-refractivity contribution in [1.82, 2.24) is 10.1 Å². The number of nitrogens with zero attached hydrogens (tertiary/aromatic N) is 2. The number of aliphatic hydroxyl groups is 1. The Morgan fingerprint density at radius 1 is 1.22 bits per heavy atom. The summed E-state index contributed by atoms with van der Waals surface area (Å²) in [6.45, 7) is 1.98. The first kappa shape index (κ1) is 20.2. The molecule has 1 aromatic carbocycles. The number of hydrogen-bond acceptors (Lipinski definition) is 6. The summed E-state index contributed by atoms with van der Waals surface area (Å²) in [5.74, 6) is 1.71. The second-order valence-corrected chi connectivity index (χ2v) is 10.1. The molecule has 2 atom stereocenters. The number of aryl methyl sites for hydroxylation is 1. The molecule has 0 saturated heterocycles. The molecule has 0 amide bonds. The number of ether oxygens (including phenoxy) is 1. The maximum atomic E-state index is 10.3. The van der Waals surface area contributed by atoms with Crippen LogP contribution in [-0.2, 0) is 19.3 Å². The lowest BCUT2D eigenvalue weighted by molar-refractivity contribution is 0.177. The monoisotopic (exact) mass is 466 g/mol. The fourth-order valence-electron chi connectivity index (χ4n) is 4.87. The number of fused-ring (bicyclic) bond motifs is 3. The first-order valence-electron chi connectivity index (χ1n) is 11.2. The molecule has 2 aliphatic rings. The molecule has 0 fully saturated rings. The fourth-order valence-corrected chi connectivity index (χ4v) is 6.33. The van der Waals surface area contributed by atoms with Gasteiger partial charge in [-0.25, -0.2) is 0 Å². The third kappa shape index (κ3) is 3.24. The van der Waals surface area contributed by atoms with Crippen LogP contribution < -0.4 is 4.74 Å². The summed E-state index contributed by atoms with van der Waals surface area (Å²) >= 11 is 8.13. The Kier molecular flexibility index (Phi) is 4.97. The average Bonchev–Trinajstić information content (AvgIpc) is 3.53. The van der Waals surface area contributed by atoms with E-state index in [9.17, 15) is 5.11 Å². The SMILES string of the molecule is CC[C@@H](O)c1cc2nccc(-c3cc(Cl)cc4c3O[C@@H](c3onc5c3CCCC5)C4)c2s1. The predicted octanol–water partition coefficient (Wildman–Crippen LogP) is 6.60. The van der Waals surface area contributed by atoms with Crippen LogP contribution in [0.5, 0.6) is 5.75 Å². The molecule has 5 nitrogen and oxygen atoms in total. The van der Waals surface area contributed by atoms with Crippen LogP contribution in [0, 0.1) is 0 Å². The number of benzene rings is 1. The van der Waals surface area contributed by atoms with E-state index in [1.165, 1.54) is 5.56 Å². The number of halogens is 1. The lowest BCUT2D eigenvalue weighted by atomic mass is 9.93. The fraction of sp³-hybridized carbons (Fsp3) is 0.360. The lowest BCUT2D eigenvalue weighted by Gasteiger charge is -2.14. The largest absolute Gasteiger partial charge is 0.481 e. The van der Waals surface area contributed by atoms with Crippen LogP contribution in [0.3, 0.4) is 0 Å². The smallest absolute Gasteiger partial charge is 0.181 e.